The number of likely N-dealkylation sites (tertiary alicyclic amines) is 1. The molecule has 2 aromatic rings. The normalized spacial score (nSPS) is 21.6. The number of hydrogen-bond donors (Lipinski definition) is 0. The third-order valence-corrected chi connectivity index (χ3v) is 8.73. The quantitative estimate of drug-likeness (QED) is 0.442. The molecule has 39 heavy (non-hydrogen) atoms. The molecule has 206 valence electrons. The Labute approximate surface area is 239 Å². The first-order valence-electron chi connectivity index (χ1n) is 13.3. The molecule has 1 aromatic heterocycles. The van der Waals surface area contributed by atoms with Crippen LogP contribution in [0.5, 0.6) is 6.01 Å². The summed E-state index contributed by atoms with van der Waals surface area (Å²) >= 11 is 12.8. The van der Waals surface area contributed by atoms with Gasteiger partial charge in [-0.1, -0.05) is 41.9 Å². The molecule has 1 aromatic carbocycles. The van der Waals surface area contributed by atoms with Gasteiger partial charge in [-0.25, -0.2) is 0 Å². The van der Waals surface area contributed by atoms with E-state index in [9.17, 15) is 10.1 Å². The monoisotopic (exact) mass is 569 g/mol. The molecule has 0 N–H and O–H groups in total. The van der Waals surface area contributed by atoms with Crippen molar-refractivity contribution < 1.29 is 9.53 Å². The van der Waals surface area contributed by atoms with Crippen molar-refractivity contribution in [2.24, 2.45) is 0 Å². The molecule has 5 rings (SSSR count). The predicted molar refractivity (Wildman–Crippen MR) is 151 cm³/mol. The largest absolute Gasteiger partial charge is 0.462 e. The second-order valence-electron chi connectivity index (χ2n) is 10.4. The maximum atomic E-state index is 12.4. The highest BCUT2D eigenvalue weighted by molar-refractivity contribution is 6.42. The van der Waals surface area contributed by atoms with Gasteiger partial charge in [-0.15, -0.1) is 0 Å². The number of likely N-dealkylation sites (N-methyl/N-ethyl adjacent to an activating group) is 1. The van der Waals surface area contributed by atoms with Crippen LogP contribution in [0.25, 0.3) is 0 Å². The van der Waals surface area contributed by atoms with Crippen LogP contribution in [0.15, 0.2) is 30.9 Å². The number of fused-ring (bicyclic) bond motifs is 1. The summed E-state index contributed by atoms with van der Waals surface area (Å²) in [6, 6.07) is 8.38. The van der Waals surface area contributed by atoms with Gasteiger partial charge in [-0.2, -0.15) is 15.2 Å². The molecule has 0 spiro atoms. The zero-order chi connectivity index (χ0) is 27.5. The standard InChI is InChI=1S/C28H33Cl2N7O2/c1-3-25(38)37-13-12-36(15-20(37)9-10-31)27-22-16-35(14-19-6-4-8-23(29)26(19)30)17-24(22)32-28(33-27)39-18-21-7-5-11-34(21)2/h3-4,6,8,20-21H,1,5,7,9,11-18H2,2H3/t20-,21-/m0/s1. The highest BCUT2D eigenvalue weighted by atomic mass is 35.5. The van der Waals surface area contributed by atoms with Gasteiger partial charge in [-0.3, -0.25) is 9.69 Å². The van der Waals surface area contributed by atoms with E-state index in [0.29, 0.717) is 68.0 Å². The lowest BCUT2D eigenvalue weighted by atomic mass is 10.1. The number of anilines is 1. The molecule has 2 atom stereocenters. The first-order chi connectivity index (χ1) is 18.9. The Morgan fingerprint density at radius 1 is 1.23 bits per heavy atom. The van der Waals surface area contributed by atoms with Gasteiger partial charge >= 0.3 is 6.01 Å². The van der Waals surface area contributed by atoms with Crippen molar-refractivity contribution in [1.82, 2.24) is 24.7 Å². The minimum absolute atomic E-state index is 0.155. The first-order valence-corrected chi connectivity index (χ1v) is 14.1. The summed E-state index contributed by atoms with van der Waals surface area (Å²) in [7, 11) is 2.12. The number of amides is 1. The van der Waals surface area contributed by atoms with Crippen LogP contribution >= 0.6 is 23.2 Å². The summed E-state index contributed by atoms with van der Waals surface area (Å²) in [6.45, 7) is 8.71. The SMILES string of the molecule is C=CC(=O)N1CCN(c2nc(OC[C@@H]3CCCN3C)nc3c2CN(Cc2cccc(Cl)c2Cl)C3)C[C@@H]1CC#N. The molecule has 0 radical (unpaired) electrons. The Kier molecular flexibility index (Phi) is 8.57. The molecule has 1 amide bonds. The number of hydrogen-bond acceptors (Lipinski definition) is 8. The molecule has 0 bridgehead atoms. The van der Waals surface area contributed by atoms with Crippen LogP contribution in [0.4, 0.5) is 5.82 Å². The van der Waals surface area contributed by atoms with Crippen LogP contribution < -0.4 is 9.64 Å². The van der Waals surface area contributed by atoms with E-state index >= 15 is 0 Å². The van der Waals surface area contributed by atoms with Crippen LogP contribution in [0.3, 0.4) is 0 Å². The molecule has 3 aliphatic rings. The van der Waals surface area contributed by atoms with Gasteiger partial charge in [0.1, 0.15) is 12.4 Å². The maximum Gasteiger partial charge on any atom is 0.318 e. The van der Waals surface area contributed by atoms with E-state index in [1.807, 2.05) is 12.1 Å². The number of piperazine rings is 1. The number of benzene rings is 1. The lowest BCUT2D eigenvalue weighted by molar-refractivity contribution is -0.128. The van der Waals surface area contributed by atoms with Crippen LogP contribution in [0.2, 0.25) is 10.0 Å². The number of halogens is 2. The summed E-state index contributed by atoms with van der Waals surface area (Å²) in [4.78, 5) is 30.7. The van der Waals surface area contributed by atoms with Crippen LogP contribution in [-0.2, 0) is 24.4 Å². The molecule has 0 aliphatic carbocycles. The Morgan fingerprint density at radius 2 is 2.08 bits per heavy atom. The number of aromatic nitrogens is 2. The van der Waals surface area contributed by atoms with E-state index in [2.05, 4.69) is 34.4 Å². The van der Waals surface area contributed by atoms with E-state index in [4.69, 9.17) is 37.9 Å². The van der Waals surface area contributed by atoms with Crippen molar-refractivity contribution in [2.75, 3.05) is 44.7 Å². The third-order valence-electron chi connectivity index (χ3n) is 7.87. The molecule has 2 fully saturated rings. The van der Waals surface area contributed by atoms with E-state index in [0.717, 1.165) is 42.0 Å². The Balaban J connectivity index is 1.41. The molecule has 3 aliphatic heterocycles. The molecule has 11 heteroatoms. The fourth-order valence-corrected chi connectivity index (χ4v) is 6.10. The van der Waals surface area contributed by atoms with E-state index in [-0.39, 0.29) is 18.4 Å². The molecule has 2 saturated heterocycles. The summed E-state index contributed by atoms with van der Waals surface area (Å²) in [5.41, 5.74) is 2.92. The Morgan fingerprint density at radius 3 is 2.82 bits per heavy atom. The number of nitrogens with zero attached hydrogens (tertiary/aromatic N) is 7. The Bertz CT molecular complexity index is 1280. The number of ether oxygens (including phenoxy) is 1. The van der Waals surface area contributed by atoms with E-state index in [1.165, 1.54) is 6.08 Å². The zero-order valence-electron chi connectivity index (χ0n) is 22.2. The summed E-state index contributed by atoms with van der Waals surface area (Å²) in [5, 5.41) is 10.5. The maximum absolute atomic E-state index is 12.4. The number of rotatable bonds is 8. The second kappa shape index (κ2) is 12.1. The minimum atomic E-state index is -0.251. The topological polar surface area (TPSA) is 88.8 Å². The number of nitriles is 1. The molecular weight excluding hydrogens is 537 g/mol. The van der Waals surface area contributed by atoms with Crippen molar-refractivity contribution in [3.05, 3.63) is 57.7 Å². The second-order valence-corrected chi connectivity index (χ2v) is 11.2. The fraction of sp³-hybridized carbons (Fsp3) is 0.500. The molecule has 0 unspecified atom stereocenters. The van der Waals surface area contributed by atoms with Gasteiger partial charge in [0.15, 0.2) is 0 Å². The highest BCUT2D eigenvalue weighted by Crippen LogP contribution is 2.35. The molecule has 0 saturated carbocycles. The van der Waals surface area contributed by atoms with Crippen molar-refractivity contribution in [3.8, 4) is 12.1 Å². The van der Waals surface area contributed by atoms with Gasteiger partial charge in [0, 0.05) is 50.9 Å². The van der Waals surface area contributed by atoms with Crippen molar-refractivity contribution in [2.45, 2.75) is 51.0 Å². The van der Waals surface area contributed by atoms with Gasteiger partial charge in [0.05, 0.1) is 34.3 Å². The van der Waals surface area contributed by atoms with E-state index in [1.54, 1.807) is 11.0 Å². The van der Waals surface area contributed by atoms with Gasteiger partial charge < -0.3 is 19.4 Å². The number of carbonyl (C=O) groups excluding carboxylic acids is 1. The van der Waals surface area contributed by atoms with Crippen LogP contribution in [0.1, 0.15) is 36.1 Å². The predicted octanol–water partition coefficient (Wildman–Crippen LogP) is 3.89. The van der Waals surface area contributed by atoms with Gasteiger partial charge in [0.2, 0.25) is 5.91 Å². The molecular formula is C28H33Cl2N7O2. The van der Waals surface area contributed by atoms with Gasteiger partial charge in [0.25, 0.3) is 0 Å². The Hall–Kier alpha value is -2.90. The van der Waals surface area contributed by atoms with Crippen molar-refractivity contribution >= 4 is 34.9 Å². The summed E-state index contributed by atoms with van der Waals surface area (Å²) < 4.78 is 6.18. The van der Waals surface area contributed by atoms with Crippen LogP contribution in [-0.4, -0.2) is 82.5 Å². The third kappa shape index (κ3) is 5.99. The lowest BCUT2D eigenvalue weighted by Gasteiger charge is -2.41. The molecule has 9 nitrogen and oxygen atoms in total. The van der Waals surface area contributed by atoms with Gasteiger partial charge in [-0.05, 0) is 44.1 Å². The highest BCUT2D eigenvalue weighted by Gasteiger charge is 2.34. The smallest absolute Gasteiger partial charge is 0.318 e. The van der Waals surface area contributed by atoms with E-state index < -0.39 is 0 Å². The summed E-state index contributed by atoms with van der Waals surface area (Å²) in [6.07, 6.45) is 3.81. The number of carbonyl (C=O) groups is 1. The average Bonchev–Trinajstić information content (AvgIpc) is 3.54. The summed E-state index contributed by atoms with van der Waals surface area (Å²) in [5.74, 6) is 0.653. The minimum Gasteiger partial charge on any atom is -0.462 e. The zero-order valence-corrected chi connectivity index (χ0v) is 23.7. The van der Waals surface area contributed by atoms with Crippen molar-refractivity contribution in [1.29, 1.82) is 5.26 Å². The molecule has 4 heterocycles. The fourth-order valence-electron chi connectivity index (χ4n) is 5.72. The first kappa shape index (κ1) is 27.7. The lowest BCUT2D eigenvalue weighted by Crippen LogP contribution is -2.55. The average molecular weight is 571 g/mol. The van der Waals surface area contributed by atoms with Crippen LogP contribution in [0, 0.1) is 11.3 Å². The van der Waals surface area contributed by atoms with Crippen molar-refractivity contribution in [3.63, 3.8) is 0 Å².